The van der Waals surface area contributed by atoms with Crippen molar-refractivity contribution in [1.29, 1.82) is 0 Å². The molecule has 0 saturated heterocycles. The Kier molecular flexibility index (Phi) is 14.1. The fourth-order valence-corrected chi connectivity index (χ4v) is 3.94. The van der Waals surface area contributed by atoms with Crippen molar-refractivity contribution in [1.82, 2.24) is 5.06 Å². The highest BCUT2D eigenvalue weighted by molar-refractivity contribution is 5.92. The van der Waals surface area contributed by atoms with Gasteiger partial charge in [-0.05, 0) is 25.7 Å². The SMILES string of the molecule is CCCCCCCCCCCCCCCC(=O)N(O)C1CCCCC1=NO. The van der Waals surface area contributed by atoms with E-state index in [2.05, 4.69) is 12.1 Å². The summed E-state index contributed by atoms with van der Waals surface area (Å²) in [6.45, 7) is 2.26. The first-order valence-corrected chi connectivity index (χ1v) is 11.4. The molecule has 1 amide bonds. The van der Waals surface area contributed by atoms with Crippen molar-refractivity contribution in [3.8, 4) is 0 Å². The average Bonchev–Trinajstić information content (AvgIpc) is 2.70. The summed E-state index contributed by atoms with van der Waals surface area (Å²) in [7, 11) is 0. The molecule has 0 heterocycles. The van der Waals surface area contributed by atoms with E-state index in [4.69, 9.17) is 5.21 Å². The van der Waals surface area contributed by atoms with Crippen LogP contribution in [-0.4, -0.2) is 33.1 Å². The van der Waals surface area contributed by atoms with Crippen LogP contribution in [0.25, 0.3) is 0 Å². The van der Waals surface area contributed by atoms with Crippen molar-refractivity contribution in [3.63, 3.8) is 0 Å². The van der Waals surface area contributed by atoms with Gasteiger partial charge in [-0.15, -0.1) is 0 Å². The molecule has 0 aromatic heterocycles. The molecule has 1 unspecified atom stereocenters. The van der Waals surface area contributed by atoms with Crippen LogP contribution in [0.4, 0.5) is 0 Å². The highest BCUT2D eigenvalue weighted by Gasteiger charge is 2.29. The molecule has 1 fully saturated rings. The van der Waals surface area contributed by atoms with Gasteiger partial charge in [0, 0.05) is 6.42 Å². The number of hydrogen-bond donors (Lipinski definition) is 2. The largest absolute Gasteiger partial charge is 0.411 e. The van der Waals surface area contributed by atoms with Crippen LogP contribution in [-0.2, 0) is 4.79 Å². The molecule has 5 nitrogen and oxygen atoms in total. The second-order valence-corrected chi connectivity index (χ2v) is 8.08. The highest BCUT2D eigenvalue weighted by Crippen LogP contribution is 2.21. The number of nitrogens with zero attached hydrogens (tertiary/aromatic N) is 2. The molecule has 0 spiro atoms. The molecule has 0 bridgehead atoms. The molecule has 1 saturated carbocycles. The lowest BCUT2D eigenvalue weighted by Gasteiger charge is -2.29. The van der Waals surface area contributed by atoms with Crippen LogP contribution in [0.15, 0.2) is 5.16 Å². The van der Waals surface area contributed by atoms with E-state index in [-0.39, 0.29) is 5.91 Å². The monoisotopic (exact) mass is 382 g/mol. The number of amides is 1. The van der Waals surface area contributed by atoms with Gasteiger partial charge in [-0.25, -0.2) is 5.06 Å². The van der Waals surface area contributed by atoms with E-state index in [0.717, 1.165) is 30.7 Å². The molecule has 27 heavy (non-hydrogen) atoms. The molecule has 0 radical (unpaired) electrons. The maximum absolute atomic E-state index is 12.1. The Bertz CT molecular complexity index is 412. The van der Waals surface area contributed by atoms with Crippen LogP contribution >= 0.6 is 0 Å². The fourth-order valence-electron chi connectivity index (χ4n) is 3.94. The summed E-state index contributed by atoms with van der Waals surface area (Å²) in [5.41, 5.74) is 0.530. The van der Waals surface area contributed by atoms with Crippen LogP contribution in [0.1, 0.15) is 122 Å². The number of oxime groups is 1. The van der Waals surface area contributed by atoms with Crippen molar-refractivity contribution in [2.24, 2.45) is 5.16 Å². The van der Waals surface area contributed by atoms with Crippen molar-refractivity contribution in [2.45, 2.75) is 129 Å². The molecular formula is C22H42N2O3. The predicted octanol–water partition coefficient (Wildman–Crippen LogP) is 6.46. The van der Waals surface area contributed by atoms with Crippen molar-refractivity contribution in [3.05, 3.63) is 0 Å². The van der Waals surface area contributed by atoms with Crippen LogP contribution in [0, 0.1) is 0 Å². The third-order valence-corrected chi connectivity index (χ3v) is 5.72. The van der Waals surface area contributed by atoms with Crippen LogP contribution < -0.4 is 0 Å². The zero-order valence-corrected chi connectivity index (χ0v) is 17.5. The summed E-state index contributed by atoms with van der Waals surface area (Å²) in [5, 5.41) is 23.2. The molecule has 0 aromatic rings. The third-order valence-electron chi connectivity index (χ3n) is 5.72. The molecule has 1 aliphatic rings. The quantitative estimate of drug-likeness (QED) is 0.148. The number of carbonyl (C=O) groups excluding carboxylic acids is 1. The minimum Gasteiger partial charge on any atom is -0.411 e. The molecule has 0 aliphatic heterocycles. The van der Waals surface area contributed by atoms with Gasteiger partial charge in [-0.3, -0.25) is 10.0 Å². The minimum absolute atomic E-state index is 0.244. The van der Waals surface area contributed by atoms with Gasteiger partial charge in [-0.2, -0.15) is 0 Å². The first kappa shape index (κ1) is 23.9. The lowest BCUT2D eigenvalue weighted by Crippen LogP contribution is -2.44. The molecule has 158 valence electrons. The van der Waals surface area contributed by atoms with Gasteiger partial charge in [0.25, 0.3) is 0 Å². The summed E-state index contributed by atoms with van der Waals surface area (Å²) in [6, 6.07) is -0.432. The van der Waals surface area contributed by atoms with Gasteiger partial charge in [0.2, 0.25) is 5.91 Å². The molecule has 5 heteroatoms. The van der Waals surface area contributed by atoms with E-state index in [1.54, 1.807) is 0 Å². The standard InChI is InChI=1S/C22H42N2O3/c1-2-3-4-5-6-7-8-9-10-11-12-13-14-19-22(25)24(27)21-18-16-15-17-20(21)23-26/h21,26-27H,2-19H2,1H3. The minimum atomic E-state index is -0.432. The van der Waals surface area contributed by atoms with Crippen LogP contribution in [0.5, 0.6) is 0 Å². The average molecular weight is 383 g/mol. The third kappa shape index (κ3) is 10.7. The smallest absolute Gasteiger partial charge is 0.246 e. The van der Waals surface area contributed by atoms with E-state index < -0.39 is 6.04 Å². The molecule has 0 aromatic carbocycles. The number of hydrogen-bond acceptors (Lipinski definition) is 4. The normalized spacial score (nSPS) is 18.7. The molecular weight excluding hydrogens is 340 g/mol. The summed E-state index contributed by atoms with van der Waals surface area (Å²) < 4.78 is 0. The molecule has 1 rings (SSSR count). The van der Waals surface area contributed by atoms with E-state index >= 15 is 0 Å². The summed E-state index contributed by atoms with van der Waals surface area (Å²) in [4.78, 5) is 12.1. The first-order chi connectivity index (χ1) is 13.2. The summed E-state index contributed by atoms with van der Waals surface area (Å²) >= 11 is 0. The van der Waals surface area contributed by atoms with Crippen LogP contribution in [0.2, 0.25) is 0 Å². The first-order valence-electron chi connectivity index (χ1n) is 11.4. The van der Waals surface area contributed by atoms with E-state index in [9.17, 15) is 10.0 Å². The van der Waals surface area contributed by atoms with Gasteiger partial charge in [0.15, 0.2) is 0 Å². The van der Waals surface area contributed by atoms with Crippen molar-refractivity contribution < 1.29 is 15.2 Å². The molecule has 1 atom stereocenters. The Morgan fingerprint density at radius 1 is 0.926 bits per heavy atom. The second-order valence-electron chi connectivity index (χ2n) is 8.08. The van der Waals surface area contributed by atoms with E-state index in [1.807, 2.05) is 0 Å². The zero-order chi connectivity index (χ0) is 19.7. The van der Waals surface area contributed by atoms with E-state index in [0.29, 0.717) is 25.0 Å². The molecule has 2 N–H and O–H groups in total. The summed E-state index contributed by atoms with van der Waals surface area (Å²) in [6.07, 6.45) is 20.2. The Balaban J connectivity index is 1.96. The molecule has 1 aliphatic carbocycles. The predicted molar refractivity (Wildman–Crippen MR) is 110 cm³/mol. The van der Waals surface area contributed by atoms with Crippen molar-refractivity contribution in [2.75, 3.05) is 0 Å². The van der Waals surface area contributed by atoms with Gasteiger partial charge in [0.1, 0.15) is 6.04 Å². The maximum Gasteiger partial charge on any atom is 0.246 e. The summed E-state index contributed by atoms with van der Waals surface area (Å²) in [5.74, 6) is -0.244. The number of unbranched alkanes of at least 4 members (excludes halogenated alkanes) is 12. The lowest BCUT2D eigenvalue weighted by molar-refractivity contribution is -0.171. The lowest BCUT2D eigenvalue weighted by atomic mass is 9.93. The number of rotatable bonds is 15. The van der Waals surface area contributed by atoms with Gasteiger partial charge in [0.05, 0.1) is 5.71 Å². The highest BCUT2D eigenvalue weighted by atomic mass is 16.5. The Morgan fingerprint density at radius 2 is 1.44 bits per heavy atom. The van der Waals surface area contributed by atoms with Gasteiger partial charge >= 0.3 is 0 Å². The Morgan fingerprint density at radius 3 is 1.96 bits per heavy atom. The number of hydroxylamine groups is 2. The topological polar surface area (TPSA) is 73.1 Å². The van der Waals surface area contributed by atoms with Crippen LogP contribution in [0.3, 0.4) is 0 Å². The number of carbonyl (C=O) groups is 1. The zero-order valence-electron chi connectivity index (χ0n) is 17.5. The van der Waals surface area contributed by atoms with Crippen molar-refractivity contribution >= 4 is 11.6 Å². The second kappa shape index (κ2) is 15.9. The van der Waals surface area contributed by atoms with Gasteiger partial charge in [-0.1, -0.05) is 95.6 Å². The fraction of sp³-hybridized carbons (Fsp3) is 0.909. The Hall–Kier alpha value is -1.10. The Labute approximate surface area is 166 Å². The van der Waals surface area contributed by atoms with Gasteiger partial charge < -0.3 is 5.21 Å². The maximum atomic E-state index is 12.1. The van der Waals surface area contributed by atoms with E-state index in [1.165, 1.54) is 70.6 Å².